The lowest BCUT2D eigenvalue weighted by molar-refractivity contribution is -0.729. The van der Waals surface area contributed by atoms with Crippen molar-refractivity contribution in [2.75, 3.05) is 12.4 Å². The lowest BCUT2D eigenvalue weighted by atomic mass is 10.1. The number of methoxy groups -OCH3 is 1. The molecule has 0 saturated carbocycles. The Bertz CT molecular complexity index is 1100. The van der Waals surface area contributed by atoms with E-state index >= 15 is 0 Å². The van der Waals surface area contributed by atoms with Crippen LogP contribution in [0.15, 0.2) is 60.7 Å². The Kier molecular flexibility index (Phi) is 4.29. The summed E-state index contributed by atoms with van der Waals surface area (Å²) in [6, 6.07) is 16.1. The third-order valence-corrected chi connectivity index (χ3v) is 4.12. The average molecular weight is 379 g/mol. The van der Waals surface area contributed by atoms with Crippen LogP contribution in [0, 0.1) is 4.91 Å². The van der Waals surface area contributed by atoms with Crippen molar-refractivity contribution in [1.82, 2.24) is 0 Å². The number of anilines is 1. The number of fused-ring (bicyclic) bond motifs is 2. The Balaban J connectivity index is 1.85. The standard InChI is InChI=1S/C20H14N2O6/c1-26-13-5-4-6-14(11-13)27-17-9-12(22(24)25)10-18-19(17)20(23)21-15-7-2-3-8-16(15)28-18/h2-11H,1H3,(H-,21,23,24,25)/p+1. The molecule has 0 saturated heterocycles. The normalized spacial score (nSPS) is 12.0. The highest BCUT2D eigenvalue weighted by Gasteiger charge is 2.30. The summed E-state index contributed by atoms with van der Waals surface area (Å²) < 4.78 is 16.8. The zero-order valence-corrected chi connectivity index (χ0v) is 14.7. The number of carbonyl (C=O) groups excluding carboxylic acids is 1. The van der Waals surface area contributed by atoms with Gasteiger partial charge >= 0.3 is 5.69 Å². The van der Waals surface area contributed by atoms with Gasteiger partial charge in [0.05, 0.1) is 29.8 Å². The highest BCUT2D eigenvalue weighted by molar-refractivity contribution is 6.10. The van der Waals surface area contributed by atoms with Crippen molar-refractivity contribution < 1.29 is 29.1 Å². The molecule has 1 heterocycles. The molecule has 0 radical (unpaired) electrons. The SMILES string of the molecule is COc1cccc(Oc2cc([N+](=O)O)cc3c2C(=O)Nc2ccccc2O3)c1. The average Bonchev–Trinajstić information content (AvgIpc) is 2.83. The third kappa shape index (κ3) is 3.18. The number of hydrogen-bond donors (Lipinski definition) is 2. The molecule has 3 aromatic carbocycles. The minimum Gasteiger partial charge on any atom is -0.497 e. The van der Waals surface area contributed by atoms with E-state index in [1.165, 1.54) is 19.2 Å². The summed E-state index contributed by atoms with van der Waals surface area (Å²) in [6.07, 6.45) is 0. The van der Waals surface area contributed by atoms with Gasteiger partial charge in [0.15, 0.2) is 17.2 Å². The molecule has 0 spiro atoms. The largest absolute Gasteiger partial charge is 0.497 e. The summed E-state index contributed by atoms with van der Waals surface area (Å²) in [5.41, 5.74) is 0.411. The Morgan fingerprint density at radius 2 is 1.79 bits per heavy atom. The number of amides is 1. The van der Waals surface area contributed by atoms with Gasteiger partial charge in [-0.25, -0.2) is 5.21 Å². The van der Waals surface area contributed by atoms with Gasteiger partial charge in [0, 0.05) is 6.07 Å². The topological polar surface area (TPSA) is 97.1 Å². The van der Waals surface area contributed by atoms with Crippen LogP contribution in [0.2, 0.25) is 0 Å². The predicted octanol–water partition coefficient (Wildman–Crippen LogP) is 4.65. The van der Waals surface area contributed by atoms with Crippen LogP contribution in [0.3, 0.4) is 0 Å². The third-order valence-electron chi connectivity index (χ3n) is 4.12. The second-order valence-corrected chi connectivity index (χ2v) is 5.92. The maximum Gasteiger partial charge on any atom is 0.324 e. The molecule has 3 aromatic rings. The second kappa shape index (κ2) is 6.92. The first-order chi connectivity index (χ1) is 13.5. The fourth-order valence-electron chi connectivity index (χ4n) is 2.83. The molecule has 8 heteroatoms. The zero-order valence-electron chi connectivity index (χ0n) is 14.7. The van der Waals surface area contributed by atoms with Gasteiger partial charge in [-0.1, -0.05) is 18.2 Å². The molecule has 4 rings (SSSR count). The van der Waals surface area contributed by atoms with Gasteiger partial charge in [0.2, 0.25) is 0 Å². The van der Waals surface area contributed by atoms with Crippen LogP contribution < -0.4 is 19.5 Å². The van der Waals surface area contributed by atoms with Crippen LogP contribution in [0.4, 0.5) is 11.4 Å². The van der Waals surface area contributed by atoms with Gasteiger partial charge in [-0.15, -0.1) is 0 Å². The second-order valence-electron chi connectivity index (χ2n) is 5.92. The Labute approximate surface area is 159 Å². The van der Waals surface area contributed by atoms with E-state index in [2.05, 4.69) is 5.32 Å². The highest BCUT2D eigenvalue weighted by atomic mass is 16.6. The fraction of sp³-hybridized carbons (Fsp3) is 0.0500. The van der Waals surface area contributed by atoms with E-state index in [4.69, 9.17) is 14.2 Å². The molecule has 2 N–H and O–H groups in total. The van der Waals surface area contributed by atoms with Gasteiger partial charge in [0.25, 0.3) is 10.8 Å². The van der Waals surface area contributed by atoms with E-state index in [0.29, 0.717) is 22.9 Å². The Morgan fingerprint density at radius 3 is 2.57 bits per heavy atom. The molecule has 0 aliphatic carbocycles. The van der Waals surface area contributed by atoms with Gasteiger partial charge in [-0.05, 0) is 24.3 Å². The molecule has 8 nitrogen and oxygen atoms in total. The minimum atomic E-state index is -0.472. The summed E-state index contributed by atoms with van der Waals surface area (Å²) in [7, 11) is 1.52. The Morgan fingerprint density at radius 1 is 1.00 bits per heavy atom. The first-order valence-corrected chi connectivity index (χ1v) is 8.29. The lowest BCUT2D eigenvalue weighted by Crippen LogP contribution is -2.12. The van der Waals surface area contributed by atoms with E-state index < -0.39 is 5.91 Å². The number of hydrogen-bond acceptors (Lipinski definition) is 5. The van der Waals surface area contributed by atoms with Gasteiger partial charge in [0.1, 0.15) is 17.1 Å². The molecule has 1 amide bonds. The summed E-state index contributed by atoms with van der Waals surface area (Å²) in [5, 5.41) is 12.1. The van der Waals surface area contributed by atoms with Crippen LogP contribution in [0.25, 0.3) is 0 Å². The summed E-state index contributed by atoms with van der Waals surface area (Å²) >= 11 is 0. The molecule has 0 unspecified atom stereocenters. The van der Waals surface area contributed by atoms with Crippen molar-refractivity contribution in [2.24, 2.45) is 0 Å². The van der Waals surface area contributed by atoms with Crippen molar-refractivity contribution in [3.63, 3.8) is 0 Å². The van der Waals surface area contributed by atoms with Crippen LogP contribution in [-0.2, 0) is 0 Å². The van der Waals surface area contributed by atoms with Gasteiger partial charge in [-0.2, -0.15) is 0 Å². The van der Waals surface area contributed by atoms with E-state index in [9.17, 15) is 14.9 Å². The molecule has 0 fully saturated rings. The van der Waals surface area contributed by atoms with Crippen molar-refractivity contribution in [3.8, 4) is 28.7 Å². The number of nitrogens with zero attached hydrogens (tertiary/aromatic N) is 1. The maximum absolute atomic E-state index is 12.8. The van der Waals surface area contributed by atoms with Gasteiger partial charge in [-0.3, -0.25) is 4.79 Å². The zero-order chi connectivity index (χ0) is 19.7. The van der Waals surface area contributed by atoms with E-state index in [1.807, 2.05) is 0 Å². The summed E-state index contributed by atoms with van der Waals surface area (Å²) in [6.45, 7) is 0. The number of nitrogens with one attached hydrogen (secondary N) is 1. The molecule has 1 aliphatic heterocycles. The number of para-hydroxylation sites is 2. The van der Waals surface area contributed by atoms with Gasteiger partial charge < -0.3 is 19.5 Å². The molecule has 0 bridgehead atoms. The van der Waals surface area contributed by atoms with Crippen LogP contribution in [-0.4, -0.2) is 23.1 Å². The van der Waals surface area contributed by atoms with Crippen molar-refractivity contribution >= 4 is 17.3 Å². The summed E-state index contributed by atoms with van der Waals surface area (Å²) in [5.74, 6) is 0.979. The molecule has 140 valence electrons. The van der Waals surface area contributed by atoms with Crippen LogP contribution >= 0.6 is 0 Å². The van der Waals surface area contributed by atoms with Crippen molar-refractivity contribution in [3.05, 3.63) is 71.1 Å². The first kappa shape index (κ1) is 17.3. The molecular weight excluding hydrogens is 364 g/mol. The monoisotopic (exact) mass is 379 g/mol. The van der Waals surface area contributed by atoms with Crippen molar-refractivity contribution in [1.29, 1.82) is 0 Å². The predicted molar refractivity (Wildman–Crippen MR) is 99.1 cm³/mol. The van der Waals surface area contributed by atoms with E-state index in [1.54, 1.807) is 48.5 Å². The first-order valence-electron chi connectivity index (χ1n) is 8.29. The molecule has 0 aromatic heterocycles. The number of ether oxygens (including phenoxy) is 3. The molecular formula is C20H15N2O6+. The van der Waals surface area contributed by atoms with E-state index in [-0.39, 0.29) is 27.7 Å². The highest BCUT2D eigenvalue weighted by Crippen LogP contribution is 2.43. The van der Waals surface area contributed by atoms with Crippen molar-refractivity contribution in [2.45, 2.75) is 0 Å². The number of carbonyl (C=O) groups is 1. The van der Waals surface area contributed by atoms with Crippen LogP contribution in [0.1, 0.15) is 10.4 Å². The smallest absolute Gasteiger partial charge is 0.324 e. The van der Waals surface area contributed by atoms with Crippen LogP contribution in [0.5, 0.6) is 28.7 Å². The summed E-state index contributed by atoms with van der Waals surface area (Å²) in [4.78, 5) is 24.0. The minimum absolute atomic E-state index is 0.0426. The number of rotatable bonds is 4. The Hall–Kier alpha value is -4.07. The maximum atomic E-state index is 12.8. The lowest BCUT2D eigenvalue weighted by Gasteiger charge is -2.12. The molecule has 28 heavy (non-hydrogen) atoms. The quantitative estimate of drug-likeness (QED) is 0.641. The van der Waals surface area contributed by atoms with E-state index in [0.717, 1.165) is 0 Å². The number of benzene rings is 3. The fourth-order valence-corrected chi connectivity index (χ4v) is 2.83. The molecule has 0 atom stereocenters. The molecule has 1 aliphatic rings.